The normalized spacial score (nSPS) is 46.4. The van der Waals surface area contributed by atoms with Crippen LogP contribution in [0, 0.1) is 0 Å². The van der Waals surface area contributed by atoms with Crippen molar-refractivity contribution in [2.75, 3.05) is 13.7 Å². The topological polar surface area (TPSA) is 99.4 Å². The van der Waals surface area contributed by atoms with Gasteiger partial charge in [-0.15, -0.1) is 0 Å². The largest absolute Gasteiger partial charge is 0.394 e. The fourth-order valence-corrected chi connectivity index (χ4v) is 1.26. The molecule has 6 heteroatoms. The number of rotatable bonds is 2. The van der Waals surface area contributed by atoms with Gasteiger partial charge in [0.15, 0.2) is 6.29 Å². The average Bonchev–Trinajstić information content (AvgIpc) is 2.15. The molecule has 0 amide bonds. The molecule has 0 radical (unpaired) electrons. The molecule has 0 aromatic heterocycles. The molecule has 6 nitrogen and oxygen atoms in total. The van der Waals surface area contributed by atoms with Gasteiger partial charge in [-0.05, 0) is 0 Å². The van der Waals surface area contributed by atoms with Crippen LogP contribution in [0.25, 0.3) is 0 Å². The molecule has 0 aliphatic carbocycles. The maximum atomic E-state index is 9.28. The molecular formula is C7H14O6. The molecule has 1 rings (SSSR count). The Hall–Kier alpha value is -0.240. The fourth-order valence-electron chi connectivity index (χ4n) is 1.26. The van der Waals surface area contributed by atoms with Gasteiger partial charge in [0.25, 0.3) is 0 Å². The summed E-state index contributed by atoms with van der Waals surface area (Å²) in [6.07, 6.45) is -5.91. The molecule has 1 saturated heterocycles. The van der Waals surface area contributed by atoms with Gasteiger partial charge in [0.1, 0.15) is 24.4 Å². The van der Waals surface area contributed by atoms with Crippen LogP contribution in [0.4, 0.5) is 0 Å². The van der Waals surface area contributed by atoms with Gasteiger partial charge in [0.05, 0.1) is 6.61 Å². The van der Waals surface area contributed by atoms with Crippen LogP contribution in [-0.2, 0) is 9.47 Å². The Kier molecular flexibility index (Phi) is 3.60. The van der Waals surface area contributed by atoms with Crippen molar-refractivity contribution in [1.82, 2.24) is 0 Å². The number of hydrogen-bond acceptors (Lipinski definition) is 6. The van der Waals surface area contributed by atoms with E-state index in [1.165, 1.54) is 7.11 Å². The predicted molar refractivity (Wildman–Crippen MR) is 40.8 cm³/mol. The quantitative estimate of drug-likeness (QED) is 0.386. The van der Waals surface area contributed by atoms with E-state index in [9.17, 15) is 15.3 Å². The first-order chi connectivity index (χ1) is 6.11. The van der Waals surface area contributed by atoms with Crippen molar-refractivity contribution in [3.8, 4) is 0 Å². The van der Waals surface area contributed by atoms with E-state index in [1.54, 1.807) is 0 Å². The van der Waals surface area contributed by atoms with Crippen molar-refractivity contribution < 1.29 is 29.9 Å². The maximum absolute atomic E-state index is 9.28. The average molecular weight is 194 g/mol. The van der Waals surface area contributed by atoms with Gasteiger partial charge < -0.3 is 29.9 Å². The molecule has 0 aromatic carbocycles. The minimum Gasteiger partial charge on any atom is -0.394 e. The predicted octanol–water partition coefficient (Wildman–Crippen LogP) is -2.57. The smallest absolute Gasteiger partial charge is 0.186 e. The Balaban J connectivity index is 2.66. The van der Waals surface area contributed by atoms with Gasteiger partial charge in [0, 0.05) is 7.11 Å². The van der Waals surface area contributed by atoms with Gasteiger partial charge in [-0.1, -0.05) is 0 Å². The zero-order valence-corrected chi connectivity index (χ0v) is 7.20. The first-order valence-electron chi connectivity index (χ1n) is 3.95. The molecule has 13 heavy (non-hydrogen) atoms. The molecule has 1 fully saturated rings. The van der Waals surface area contributed by atoms with Crippen molar-refractivity contribution in [2.45, 2.75) is 30.7 Å². The molecule has 5 atom stereocenters. The highest BCUT2D eigenvalue weighted by molar-refractivity contribution is 4.88. The summed E-state index contributed by atoms with van der Waals surface area (Å²) < 4.78 is 9.65. The molecule has 0 bridgehead atoms. The molecule has 2 unspecified atom stereocenters. The third kappa shape index (κ3) is 1.98. The Bertz CT molecular complexity index is 143. The molecule has 0 aromatic rings. The second kappa shape index (κ2) is 4.32. The Morgan fingerprint density at radius 2 is 1.77 bits per heavy atom. The van der Waals surface area contributed by atoms with Crippen LogP contribution in [-0.4, -0.2) is 64.8 Å². The third-order valence-electron chi connectivity index (χ3n) is 2.08. The number of hydrogen-bond donors (Lipinski definition) is 4. The van der Waals surface area contributed by atoms with Gasteiger partial charge in [0.2, 0.25) is 0 Å². The summed E-state index contributed by atoms with van der Waals surface area (Å²) in [5, 5.41) is 36.6. The Labute approximate surface area is 75.3 Å². The van der Waals surface area contributed by atoms with Crippen LogP contribution >= 0.6 is 0 Å². The highest BCUT2D eigenvalue weighted by Crippen LogP contribution is 2.20. The summed E-state index contributed by atoms with van der Waals surface area (Å²) >= 11 is 0. The first kappa shape index (κ1) is 10.8. The fraction of sp³-hybridized carbons (Fsp3) is 1.00. The second-order valence-electron chi connectivity index (χ2n) is 2.93. The summed E-state index contributed by atoms with van der Waals surface area (Å²) in [7, 11) is 1.30. The zero-order valence-electron chi connectivity index (χ0n) is 7.20. The molecule has 4 N–H and O–H groups in total. The number of aliphatic hydroxyl groups is 4. The lowest BCUT2D eigenvalue weighted by Crippen LogP contribution is -2.58. The van der Waals surface area contributed by atoms with Crippen molar-refractivity contribution >= 4 is 0 Å². The van der Waals surface area contributed by atoms with E-state index >= 15 is 0 Å². The minimum absolute atomic E-state index is 0.440. The highest BCUT2D eigenvalue weighted by atomic mass is 16.7. The van der Waals surface area contributed by atoms with Crippen molar-refractivity contribution in [2.24, 2.45) is 0 Å². The molecule has 1 heterocycles. The number of methoxy groups -OCH3 is 1. The standard InChI is InChI=1S/C7H14O6/c1-12-7-6(11)5(10)4(9)3(2-8)13-7/h3-11H,2H2,1H3/t3?,4-,5?,6-,7+/m1/s1. The molecule has 78 valence electrons. The van der Waals surface area contributed by atoms with Gasteiger partial charge >= 0.3 is 0 Å². The Morgan fingerprint density at radius 1 is 1.15 bits per heavy atom. The van der Waals surface area contributed by atoms with Gasteiger partial charge in [-0.3, -0.25) is 0 Å². The summed E-state index contributed by atoms with van der Waals surface area (Å²) in [5.41, 5.74) is 0. The van der Waals surface area contributed by atoms with Crippen LogP contribution in [0.3, 0.4) is 0 Å². The Morgan fingerprint density at radius 3 is 2.23 bits per heavy atom. The second-order valence-corrected chi connectivity index (χ2v) is 2.93. The lowest BCUT2D eigenvalue weighted by molar-refractivity contribution is -0.294. The molecule has 0 saturated carbocycles. The van der Waals surface area contributed by atoms with Crippen molar-refractivity contribution in [1.29, 1.82) is 0 Å². The summed E-state index contributed by atoms with van der Waals surface area (Å²) in [6, 6.07) is 0. The van der Waals surface area contributed by atoms with E-state index in [4.69, 9.17) is 14.6 Å². The molecule has 1 aliphatic heterocycles. The van der Waals surface area contributed by atoms with E-state index in [-0.39, 0.29) is 0 Å². The van der Waals surface area contributed by atoms with Gasteiger partial charge in [-0.25, -0.2) is 0 Å². The van der Waals surface area contributed by atoms with E-state index in [2.05, 4.69) is 0 Å². The summed E-state index contributed by atoms with van der Waals surface area (Å²) in [6.45, 7) is -0.440. The van der Waals surface area contributed by atoms with Crippen LogP contribution in [0.1, 0.15) is 0 Å². The lowest BCUT2D eigenvalue weighted by atomic mass is 9.99. The zero-order chi connectivity index (χ0) is 10.0. The summed E-state index contributed by atoms with van der Waals surface area (Å²) in [5.74, 6) is 0. The third-order valence-corrected chi connectivity index (χ3v) is 2.08. The maximum Gasteiger partial charge on any atom is 0.186 e. The minimum atomic E-state index is -1.36. The van der Waals surface area contributed by atoms with Crippen LogP contribution in [0.5, 0.6) is 0 Å². The molecule has 1 aliphatic rings. The van der Waals surface area contributed by atoms with Crippen molar-refractivity contribution in [3.05, 3.63) is 0 Å². The van der Waals surface area contributed by atoms with Crippen LogP contribution < -0.4 is 0 Å². The highest BCUT2D eigenvalue weighted by Gasteiger charge is 2.43. The van der Waals surface area contributed by atoms with E-state index in [0.29, 0.717) is 0 Å². The molecule has 0 spiro atoms. The van der Waals surface area contributed by atoms with E-state index in [1.807, 2.05) is 0 Å². The first-order valence-corrected chi connectivity index (χ1v) is 3.95. The van der Waals surface area contributed by atoms with E-state index in [0.717, 1.165) is 0 Å². The SMILES string of the molecule is CO[C@H]1OC(CO)[C@@H](O)C(O)[C@H]1O. The molecular weight excluding hydrogens is 180 g/mol. The van der Waals surface area contributed by atoms with E-state index < -0.39 is 37.3 Å². The summed E-state index contributed by atoms with van der Waals surface area (Å²) in [4.78, 5) is 0. The van der Waals surface area contributed by atoms with Crippen LogP contribution in [0.15, 0.2) is 0 Å². The van der Waals surface area contributed by atoms with Crippen LogP contribution in [0.2, 0.25) is 0 Å². The van der Waals surface area contributed by atoms with Crippen molar-refractivity contribution in [3.63, 3.8) is 0 Å². The van der Waals surface area contributed by atoms with Gasteiger partial charge in [-0.2, -0.15) is 0 Å². The monoisotopic (exact) mass is 194 g/mol. The lowest BCUT2D eigenvalue weighted by Gasteiger charge is -2.38. The number of aliphatic hydroxyl groups excluding tert-OH is 4. The number of ether oxygens (including phenoxy) is 2.